The van der Waals surface area contributed by atoms with Crippen LogP contribution < -0.4 is 5.73 Å². The van der Waals surface area contributed by atoms with E-state index in [1.165, 1.54) is 17.2 Å². The van der Waals surface area contributed by atoms with Gasteiger partial charge in [0, 0.05) is 29.7 Å². The first-order valence-corrected chi connectivity index (χ1v) is 7.94. The van der Waals surface area contributed by atoms with E-state index in [0.717, 1.165) is 24.0 Å². The van der Waals surface area contributed by atoms with Gasteiger partial charge in [-0.15, -0.1) is 0 Å². The number of rotatable bonds is 3. The molecule has 3 rings (SSSR count). The molecular formula is C17H18BrFN2. The van der Waals surface area contributed by atoms with Crippen molar-refractivity contribution in [2.45, 2.75) is 19.0 Å². The molecule has 1 aliphatic rings. The van der Waals surface area contributed by atoms with Crippen molar-refractivity contribution in [1.82, 2.24) is 4.90 Å². The molecule has 0 aliphatic carbocycles. The van der Waals surface area contributed by atoms with Gasteiger partial charge in [-0.3, -0.25) is 4.90 Å². The van der Waals surface area contributed by atoms with Crippen LogP contribution in [0.25, 0.3) is 0 Å². The Morgan fingerprint density at radius 3 is 2.71 bits per heavy atom. The number of benzene rings is 2. The van der Waals surface area contributed by atoms with Gasteiger partial charge in [0.1, 0.15) is 5.82 Å². The average Bonchev–Trinajstić information content (AvgIpc) is 2.51. The van der Waals surface area contributed by atoms with Gasteiger partial charge in [-0.05, 0) is 35.7 Å². The summed E-state index contributed by atoms with van der Waals surface area (Å²) in [5.41, 5.74) is 9.33. The summed E-state index contributed by atoms with van der Waals surface area (Å²) >= 11 is 3.42. The van der Waals surface area contributed by atoms with Gasteiger partial charge in [0.05, 0.1) is 6.04 Å². The molecule has 110 valence electrons. The predicted octanol–water partition coefficient (Wildman–Crippen LogP) is 3.65. The lowest BCUT2D eigenvalue weighted by atomic mass is 9.96. The Balaban J connectivity index is 1.90. The van der Waals surface area contributed by atoms with E-state index in [1.54, 1.807) is 6.07 Å². The van der Waals surface area contributed by atoms with Gasteiger partial charge in [0.2, 0.25) is 0 Å². The first-order chi connectivity index (χ1) is 10.2. The summed E-state index contributed by atoms with van der Waals surface area (Å²) in [6.07, 6.45) is 0.988. The number of hydrogen-bond acceptors (Lipinski definition) is 2. The zero-order valence-corrected chi connectivity index (χ0v) is 13.3. The SMILES string of the molecule is NCC(c1cc(Br)ccc1F)N1CCc2ccccc2C1. The van der Waals surface area contributed by atoms with Crippen LogP contribution in [0.2, 0.25) is 0 Å². The Labute approximate surface area is 132 Å². The molecular weight excluding hydrogens is 331 g/mol. The van der Waals surface area contributed by atoms with Crippen molar-refractivity contribution in [2.24, 2.45) is 5.73 Å². The van der Waals surface area contributed by atoms with Gasteiger partial charge in [0.15, 0.2) is 0 Å². The lowest BCUT2D eigenvalue weighted by molar-refractivity contribution is 0.180. The second kappa shape index (κ2) is 6.26. The molecule has 2 aromatic carbocycles. The normalized spacial score (nSPS) is 16.5. The first kappa shape index (κ1) is 14.7. The number of fused-ring (bicyclic) bond motifs is 1. The lowest BCUT2D eigenvalue weighted by Crippen LogP contribution is -2.38. The van der Waals surface area contributed by atoms with Crippen LogP contribution in [0, 0.1) is 5.82 Å². The van der Waals surface area contributed by atoms with Crippen LogP contribution in [-0.2, 0) is 13.0 Å². The molecule has 0 saturated heterocycles. The molecule has 2 N–H and O–H groups in total. The number of halogens is 2. The van der Waals surface area contributed by atoms with Crippen LogP contribution in [0.4, 0.5) is 4.39 Å². The Bertz CT molecular complexity index is 644. The van der Waals surface area contributed by atoms with Crippen LogP contribution in [0.3, 0.4) is 0 Å². The smallest absolute Gasteiger partial charge is 0.128 e. The summed E-state index contributed by atoms with van der Waals surface area (Å²) < 4.78 is 15.0. The van der Waals surface area contributed by atoms with E-state index in [2.05, 4.69) is 45.1 Å². The van der Waals surface area contributed by atoms with Crippen molar-refractivity contribution >= 4 is 15.9 Å². The Kier molecular flexibility index (Phi) is 4.38. The van der Waals surface area contributed by atoms with Gasteiger partial charge >= 0.3 is 0 Å². The molecule has 0 spiro atoms. The molecule has 0 aromatic heterocycles. The van der Waals surface area contributed by atoms with Gasteiger partial charge in [-0.1, -0.05) is 40.2 Å². The second-order valence-corrected chi connectivity index (χ2v) is 6.32. The zero-order valence-electron chi connectivity index (χ0n) is 11.7. The van der Waals surface area contributed by atoms with Crippen molar-refractivity contribution in [3.8, 4) is 0 Å². The standard InChI is InChI=1S/C17H18BrFN2/c18-14-5-6-16(19)15(9-14)17(10-20)21-8-7-12-3-1-2-4-13(12)11-21/h1-6,9,17H,7-8,10-11,20H2. The lowest BCUT2D eigenvalue weighted by Gasteiger charge is -2.35. The highest BCUT2D eigenvalue weighted by Crippen LogP contribution is 2.30. The maximum absolute atomic E-state index is 14.2. The highest BCUT2D eigenvalue weighted by molar-refractivity contribution is 9.10. The Hall–Kier alpha value is -1.23. The molecule has 0 amide bonds. The van der Waals surface area contributed by atoms with Crippen molar-refractivity contribution in [1.29, 1.82) is 0 Å². The number of nitrogens with two attached hydrogens (primary N) is 1. The third kappa shape index (κ3) is 3.03. The average molecular weight is 349 g/mol. The summed E-state index contributed by atoms with van der Waals surface area (Å²) in [5, 5.41) is 0. The van der Waals surface area contributed by atoms with Crippen molar-refractivity contribution in [2.75, 3.05) is 13.1 Å². The summed E-state index contributed by atoms with van der Waals surface area (Å²) in [7, 11) is 0. The van der Waals surface area contributed by atoms with E-state index in [-0.39, 0.29) is 11.9 Å². The highest BCUT2D eigenvalue weighted by atomic mass is 79.9. The minimum absolute atomic E-state index is 0.0872. The fourth-order valence-electron chi connectivity index (χ4n) is 3.03. The van der Waals surface area contributed by atoms with E-state index < -0.39 is 0 Å². The maximum atomic E-state index is 14.2. The number of nitrogens with zero attached hydrogens (tertiary/aromatic N) is 1. The van der Waals surface area contributed by atoms with Crippen LogP contribution in [-0.4, -0.2) is 18.0 Å². The fraction of sp³-hybridized carbons (Fsp3) is 0.294. The molecule has 1 unspecified atom stereocenters. The van der Waals surface area contributed by atoms with E-state index in [4.69, 9.17) is 5.73 Å². The molecule has 0 bridgehead atoms. The maximum Gasteiger partial charge on any atom is 0.128 e. The monoisotopic (exact) mass is 348 g/mol. The Morgan fingerprint density at radius 1 is 1.19 bits per heavy atom. The van der Waals surface area contributed by atoms with E-state index in [1.807, 2.05) is 6.07 Å². The first-order valence-electron chi connectivity index (χ1n) is 7.15. The van der Waals surface area contributed by atoms with E-state index >= 15 is 0 Å². The molecule has 1 aliphatic heterocycles. The highest BCUT2D eigenvalue weighted by Gasteiger charge is 2.25. The summed E-state index contributed by atoms with van der Waals surface area (Å²) in [6.45, 7) is 2.14. The fourth-order valence-corrected chi connectivity index (χ4v) is 3.41. The molecule has 4 heteroatoms. The van der Waals surface area contributed by atoms with Crippen molar-refractivity contribution in [3.63, 3.8) is 0 Å². The van der Waals surface area contributed by atoms with Crippen LogP contribution >= 0.6 is 15.9 Å². The van der Waals surface area contributed by atoms with Crippen LogP contribution in [0.5, 0.6) is 0 Å². The summed E-state index contributed by atoms with van der Waals surface area (Å²) in [4.78, 5) is 2.27. The molecule has 21 heavy (non-hydrogen) atoms. The quantitative estimate of drug-likeness (QED) is 0.917. The van der Waals surface area contributed by atoms with Gasteiger partial charge < -0.3 is 5.73 Å². The number of hydrogen-bond donors (Lipinski definition) is 1. The molecule has 2 nitrogen and oxygen atoms in total. The van der Waals surface area contributed by atoms with Crippen LogP contribution in [0.15, 0.2) is 46.9 Å². The second-order valence-electron chi connectivity index (χ2n) is 5.41. The van der Waals surface area contributed by atoms with Crippen LogP contribution in [0.1, 0.15) is 22.7 Å². The van der Waals surface area contributed by atoms with E-state index in [9.17, 15) is 4.39 Å². The third-order valence-corrected chi connectivity index (χ3v) is 4.63. The minimum atomic E-state index is -0.187. The molecule has 1 atom stereocenters. The molecule has 0 fully saturated rings. The third-order valence-electron chi connectivity index (χ3n) is 4.14. The molecule has 1 heterocycles. The predicted molar refractivity (Wildman–Crippen MR) is 86.5 cm³/mol. The van der Waals surface area contributed by atoms with Crippen molar-refractivity contribution in [3.05, 3.63) is 69.4 Å². The Morgan fingerprint density at radius 2 is 1.95 bits per heavy atom. The van der Waals surface area contributed by atoms with Gasteiger partial charge in [-0.2, -0.15) is 0 Å². The topological polar surface area (TPSA) is 29.3 Å². The van der Waals surface area contributed by atoms with E-state index in [0.29, 0.717) is 12.1 Å². The van der Waals surface area contributed by atoms with Crippen molar-refractivity contribution < 1.29 is 4.39 Å². The molecule has 2 aromatic rings. The summed E-state index contributed by atoms with van der Waals surface area (Å²) in [6, 6.07) is 13.4. The largest absolute Gasteiger partial charge is 0.329 e. The summed E-state index contributed by atoms with van der Waals surface area (Å²) in [5.74, 6) is -0.187. The molecule has 0 saturated carbocycles. The van der Waals surface area contributed by atoms with Gasteiger partial charge in [0.25, 0.3) is 0 Å². The zero-order chi connectivity index (χ0) is 14.8. The van der Waals surface area contributed by atoms with Gasteiger partial charge in [-0.25, -0.2) is 4.39 Å². The minimum Gasteiger partial charge on any atom is -0.329 e. The molecule has 0 radical (unpaired) electrons.